The zero-order valence-corrected chi connectivity index (χ0v) is 33.0. The number of nitrogens with zero attached hydrogens (tertiary/aromatic N) is 4. The predicted octanol–water partition coefficient (Wildman–Crippen LogP) is 7.99. The molecule has 2 aliphatic heterocycles. The maximum Gasteiger partial charge on any atom is 0.410 e. The lowest BCUT2D eigenvalue weighted by Crippen LogP contribution is -2.50. The van der Waals surface area contributed by atoms with Crippen LogP contribution in [0.25, 0.3) is 0 Å². The summed E-state index contributed by atoms with van der Waals surface area (Å²) >= 11 is 0. The molecule has 10 nitrogen and oxygen atoms in total. The molecule has 0 N–H and O–H groups in total. The predicted molar refractivity (Wildman–Crippen MR) is 204 cm³/mol. The molecule has 0 spiro atoms. The van der Waals surface area contributed by atoms with Crippen LogP contribution in [-0.4, -0.2) is 84.3 Å². The van der Waals surface area contributed by atoms with Crippen LogP contribution in [0.15, 0.2) is 48.5 Å². The zero-order chi connectivity index (χ0) is 38.1. The van der Waals surface area contributed by atoms with Gasteiger partial charge in [-0.1, -0.05) is 37.1 Å². The van der Waals surface area contributed by atoms with Gasteiger partial charge in [0.25, 0.3) is 0 Å². The molecule has 4 amide bonds. The Morgan fingerprint density at radius 1 is 0.615 bits per heavy atom. The molecule has 0 bridgehead atoms. The second-order valence-electron chi connectivity index (χ2n) is 17.3. The number of hydrogen-bond donors (Lipinski definition) is 0. The van der Waals surface area contributed by atoms with Crippen LogP contribution >= 0.6 is 0 Å². The molecular formula is C42H60N4O6. The molecule has 0 aromatic heterocycles. The van der Waals surface area contributed by atoms with Crippen LogP contribution < -0.4 is 9.80 Å². The van der Waals surface area contributed by atoms with Crippen LogP contribution in [0.3, 0.4) is 0 Å². The average molecular weight is 717 g/mol. The summed E-state index contributed by atoms with van der Waals surface area (Å²) in [4.78, 5) is 58.9. The minimum Gasteiger partial charge on any atom is -0.444 e. The van der Waals surface area contributed by atoms with Gasteiger partial charge in [0.15, 0.2) is 0 Å². The van der Waals surface area contributed by atoms with Gasteiger partial charge in [-0.25, -0.2) is 9.59 Å². The summed E-state index contributed by atoms with van der Waals surface area (Å²) in [6.45, 7) is 16.4. The summed E-state index contributed by atoms with van der Waals surface area (Å²) in [5.41, 5.74) is 2.81. The summed E-state index contributed by atoms with van der Waals surface area (Å²) in [6.07, 6.45) is 5.70. The first kappa shape index (κ1) is 39.1. The molecule has 2 aromatic carbocycles. The third kappa shape index (κ3) is 8.92. The van der Waals surface area contributed by atoms with E-state index in [1.165, 1.54) is 0 Å². The molecule has 10 heteroatoms. The summed E-state index contributed by atoms with van der Waals surface area (Å²) in [7, 11) is 3.60. The standard InChI is InChI=1S/2C21H30N2O3/c2*1-14-8-6-10-16(12-14)22(5)19(24)18-17-11-7-9-15(17)13-23(18)20(25)26-21(2,3)4/h2*6,8,10,12,15,17-18H,7,9,11,13H2,1-5H3/t2*15-,17-,18-/m00/s1. The molecule has 52 heavy (non-hydrogen) atoms. The Balaban J connectivity index is 0.000000201. The highest BCUT2D eigenvalue weighted by molar-refractivity contribution is 6.00. The molecular weight excluding hydrogens is 656 g/mol. The maximum atomic E-state index is 13.4. The highest BCUT2D eigenvalue weighted by atomic mass is 16.6. The summed E-state index contributed by atoms with van der Waals surface area (Å²) < 4.78 is 11.2. The van der Waals surface area contributed by atoms with Gasteiger partial charge in [-0.05, 0) is 140 Å². The third-order valence-corrected chi connectivity index (χ3v) is 11.0. The van der Waals surface area contributed by atoms with E-state index in [9.17, 15) is 19.2 Å². The summed E-state index contributed by atoms with van der Waals surface area (Å²) in [5, 5.41) is 0. The number of benzene rings is 2. The normalized spacial score (nSPS) is 25.1. The molecule has 2 aromatic rings. The molecule has 6 rings (SSSR count). The van der Waals surface area contributed by atoms with E-state index < -0.39 is 23.3 Å². The number of amides is 4. The van der Waals surface area contributed by atoms with Gasteiger partial charge < -0.3 is 19.3 Å². The molecule has 6 atom stereocenters. The Labute approximate surface area is 310 Å². The van der Waals surface area contributed by atoms with Crippen LogP contribution in [0, 0.1) is 37.5 Å². The van der Waals surface area contributed by atoms with Crippen molar-refractivity contribution in [3.05, 3.63) is 59.7 Å². The van der Waals surface area contributed by atoms with Crippen molar-refractivity contribution in [2.24, 2.45) is 23.7 Å². The number of ether oxygens (including phenoxy) is 2. The van der Waals surface area contributed by atoms with E-state index in [4.69, 9.17) is 9.47 Å². The third-order valence-electron chi connectivity index (χ3n) is 11.0. The summed E-state index contributed by atoms with van der Waals surface area (Å²) in [6, 6.07) is 14.9. The SMILES string of the molecule is Cc1cccc(N(C)C(=O)[C@@H]2[C@H]3CCC[C@H]3CN2C(=O)OC(C)(C)C)c1.Cc1cccc(N(C)C(=O)[C@@H]2[C@H]3CCC[C@H]3CN2C(=O)OC(C)(C)C)c1. The molecule has 2 heterocycles. The van der Waals surface area contributed by atoms with Gasteiger partial charge in [-0.15, -0.1) is 0 Å². The Morgan fingerprint density at radius 2 is 0.981 bits per heavy atom. The Morgan fingerprint density at radius 3 is 1.31 bits per heavy atom. The van der Waals surface area contributed by atoms with Crippen molar-refractivity contribution < 1.29 is 28.7 Å². The maximum absolute atomic E-state index is 13.4. The quantitative estimate of drug-likeness (QED) is 0.318. The number of fused-ring (bicyclic) bond motifs is 2. The van der Waals surface area contributed by atoms with E-state index >= 15 is 0 Å². The van der Waals surface area contributed by atoms with Crippen molar-refractivity contribution in [1.29, 1.82) is 0 Å². The fourth-order valence-electron chi connectivity index (χ4n) is 8.59. The molecule has 2 saturated heterocycles. The number of aryl methyl sites for hydroxylation is 2. The molecule has 4 fully saturated rings. The van der Waals surface area contributed by atoms with Gasteiger partial charge in [0, 0.05) is 38.6 Å². The Bertz CT molecular complexity index is 1510. The largest absolute Gasteiger partial charge is 0.444 e. The number of likely N-dealkylation sites (tertiary alicyclic amines) is 2. The number of anilines is 2. The number of hydrogen-bond acceptors (Lipinski definition) is 6. The number of likely N-dealkylation sites (N-methyl/N-ethyl adjacent to an activating group) is 2. The molecule has 2 saturated carbocycles. The number of carbonyl (C=O) groups excluding carboxylic acids is 4. The van der Waals surface area contributed by atoms with Crippen molar-refractivity contribution >= 4 is 35.4 Å². The minimum absolute atomic E-state index is 0.0177. The fourth-order valence-corrected chi connectivity index (χ4v) is 8.59. The van der Waals surface area contributed by atoms with E-state index in [1.54, 1.807) is 33.7 Å². The van der Waals surface area contributed by atoms with Gasteiger partial charge in [0.2, 0.25) is 11.8 Å². The highest BCUT2D eigenvalue weighted by Gasteiger charge is 2.52. The first-order valence-corrected chi connectivity index (χ1v) is 19.0. The lowest BCUT2D eigenvalue weighted by molar-refractivity contribution is -0.124. The van der Waals surface area contributed by atoms with Crippen molar-refractivity contribution in [3.63, 3.8) is 0 Å². The number of rotatable bonds is 4. The van der Waals surface area contributed by atoms with Gasteiger partial charge in [-0.3, -0.25) is 19.4 Å². The fraction of sp³-hybridized carbons (Fsp3) is 0.619. The Hall–Kier alpha value is -4.08. The van der Waals surface area contributed by atoms with Gasteiger partial charge in [0.05, 0.1) is 0 Å². The van der Waals surface area contributed by atoms with Crippen LogP contribution in [0.5, 0.6) is 0 Å². The van der Waals surface area contributed by atoms with E-state index in [0.29, 0.717) is 24.9 Å². The second-order valence-corrected chi connectivity index (χ2v) is 17.3. The molecule has 4 aliphatic rings. The van der Waals surface area contributed by atoms with Crippen molar-refractivity contribution in [3.8, 4) is 0 Å². The van der Waals surface area contributed by atoms with E-state index in [2.05, 4.69) is 0 Å². The molecule has 284 valence electrons. The van der Waals surface area contributed by atoms with Gasteiger partial charge in [-0.2, -0.15) is 0 Å². The second kappa shape index (κ2) is 15.5. The first-order chi connectivity index (χ1) is 24.3. The smallest absolute Gasteiger partial charge is 0.410 e. The van der Waals surface area contributed by atoms with Crippen LogP contribution in [0.2, 0.25) is 0 Å². The van der Waals surface area contributed by atoms with E-state index in [1.807, 2.05) is 104 Å². The first-order valence-electron chi connectivity index (χ1n) is 19.0. The molecule has 2 aliphatic carbocycles. The van der Waals surface area contributed by atoms with E-state index in [0.717, 1.165) is 61.0 Å². The van der Waals surface area contributed by atoms with Gasteiger partial charge in [0.1, 0.15) is 23.3 Å². The monoisotopic (exact) mass is 716 g/mol. The average Bonchev–Trinajstić information content (AvgIpc) is 3.83. The minimum atomic E-state index is -0.565. The summed E-state index contributed by atoms with van der Waals surface area (Å²) in [5.74, 6) is 1.25. The number of carbonyl (C=O) groups is 4. The highest BCUT2D eigenvalue weighted by Crippen LogP contribution is 2.45. The van der Waals surface area contributed by atoms with Crippen molar-refractivity contribution in [2.75, 3.05) is 37.0 Å². The van der Waals surface area contributed by atoms with Gasteiger partial charge >= 0.3 is 12.2 Å². The zero-order valence-electron chi connectivity index (χ0n) is 33.0. The van der Waals surface area contributed by atoms with Crippen molar-refractivity contribution in [1.82, 2.24) is 9.80 Å². The van der Waals surface area contributed by atoms with E-state index in [-0.39, 0.29) is 35.8 Å². The molecule has 0 radical (unpaired) electrons. The van der Waals surface area contributed by atoms with Crippen LogP contribution in [0.4, 0.5) is 21.0 Å². The topological polar surface area (TPSA) is 99.7 Å². The lowest BCUT2D eigenvalue weighted by Gasteiger charge is -2.32. The molecule has 0 unspecified atom stereocenters. The van der Waals surface area contributed by atoms with Crippen LogP contribution in [0.1, 0.15) is 91.2 Å². The van der Waals surface area contributed by atoms with Crippen molar-refractivity contribution in [2.45, 2.75) is 117 Å². The lowest BCUT2D eigenvalue weighted by atomic mass is 9.93. The Kier molecular flexibility index (Phi) is 11.7. The van der Waals surface area contributed by atoms with Crippen LogP contribution in [-0.2, 0) is 19.1 Å².